The number of hydrogen-bond donors (Lipinski definition) is 2. The highest BCUT2D eigenvalue weighted by atomic mass is 19.4. The molecule has 1 saturated carbocycles. The van der Waals surface area contributed by atoms with Crippen molar-refractivity contribution in [2.45, 2.75) is 37.4 Å². The third-order valence-electron chi connectivity index (χ3n) is 3.69. The Morgan fingerprint density at radius 3 is 2.43 bits per heavy atom. The predicted octanol–water partition coefficient (Wildman–Crippen LogP) is 2.45. The second kappa shape index (κ2) is 5.55. The van der Waals surface area contributed by atoms with Gasteiger partial charge in [0.2, 0.25) is 5.91 Å². The molecule has 7 heteroatoms. The van der Waals surface area contributed by atoms with Crippen LogP contribution in [0, 0.1) is 0 Å². The van der Waals surface area contributed by atoms with E-state index < -0.39 is 28.7 Å². The monoisotopic (exact) mass is 302 g/mol. The van der Waals surface area contributed by atoms with Crippen molar-refractivity contribution >= 4 is 5.91 Å². The Morgan fingerprint density at radius 1 is 1.29 bits per heavy atom. The molecule has 1 aliphatic rings. The molecule has 0 spiro atoms. The smallest absolute Gasteiger partial charge is 0.417 e. The second-order valence-electron chi connectivity index (χ2n) is 5.43. The molecule has 4 N–H and O–H groups in total. The van der Waals surface area contributed by atoms with Crippen molar-refractivity contribution in [2.75, 3.05) is 6.61 Å². The van der Waals surface area contributed by atoms with Crippen LogP contribution in [0.1, 0.15) is 41.6 Å². The van der Waals surface area contributed by atoms with Gasteiger partial charge in [0.1, 0.15) is 12.4 Å². The summed E-state index contributed by atoms with van der Waals surface area (Å²) < 4.78 is 44.1. The molecular formula is C14H17F3N2O2. The quantitative estimate of drug-likeness (QED) is 0.896. The summed E-state index contributed by atoms with van der Waals surface area (Å²) in [6.07, 6.45) is -1.10. The summed E-state index contributed by atoms with van der Waals surface area (Å²) in [5.41, 5.74) is 8.89. The maximum Gasteiger partial charge on any atom is 0.417 e. The molecule has 0 unspecified atom stereocenters. The number of carbonyl (C=O) groups excluding carboxylic acids is 1. The fourth-order valence-corrected chi connectivity index (χ4v) is 2.51. The van der Waals surface area contributed by atoms with E-state index >= 15 is 0 Å². The Kier molecular flexibility index (Phi) is 4.13. The summed E-state index contributed by atoms with van der Waals surface area (Å²) in [5, 5.41) is 0. The van der Waals surface area contributed by atoms with Gasteiger partial charge in [0.15, 0.2) is 0 Å². The topological polar surface area (TPSA) is 78.3 Å². The van der Waals surface area contributed by atoms with E-state index in [4.69, 9.17) is 16.2 Å². The Bertz CT molecular complexity index is 538. The highest BCUT2D eigenvalue weighted by Gasteiger charge is 2.36. The molecule has 2 rings (SSSR count). The number of alkyl halides is 3. The van der Waals surface area contributed by atoms with Crippen molar-refractivity contribution in [1.82, 2.24) is 0 Å². The lowest BCUT2D eigenvalue weighted by Crippen LogP contribution is -2.42. The van der Waals surface area contributed by atoms with Crippen LogP contribution in [0.5, 0.6) is 5.75 Å². The van der Waals surface area contributed by atoms with Gasteiger partial charge in [0.25, 0.3) is 0 Å². The van der Waals surface area contributed by atoms with E-state index in [1.807, 2.05) is 0 Å². The molecule has 4 nitrogen and oxygen atoms in total. The Morgan fingerprint density at radius 2 is 1.90 bits per heavy atom. The normalized spacial score (nSPS) is 17.7. The van der Waals surface area contributed by atoms with Gasteiger partial charge in [-0.25, -0.2) is 0 Å². The van der Waals surface area contributed by atoms with Gasteiger partial charge in [-0.3, -0.25) is 4.79 Å². The molecule has 116 valence electrons. The van der Waals surface area contributed by atoms with Gasteiger partial charge in [-0.15, -0.1) is 0 Å². The van der Waals surface area contributed by atoms with Crippen LogP contribution in [0.2, 0.25) is 0 Å². The number of hydrogen-bond acceptors (Lipinski definition) is 3. The summed E-state index contributed by atoms with van der Waals surface area (Å²) in [7, 11) is 0. The lowest BCUT2D eigenvalue weighted by atomic mass is 10.0. The first-order valence-electron chi connectivity index (χ1n) is 6.64. The summed E-state index contributed by atoms with van der Waals surface area (Å²) in [6.45, 7) is 0.153. The number of carbonyl (C=O) groups is 1. The minimum atomic E-state index is -4.67. The van der Waals surface area contributed by atoms with Crippen LogP contribution in [0.3, 0.4) is 0 Å². The summed E-state index contributed by atoms with van der Waals surface area (Å²) in [6, 6.07) is 3.12. The van der Waals surface area contributed by atoms with Crippen molar-refractivity contribution < 1.29 is 22.7 Å². The van der Waals surface area contributed by atoms with Gasteiger partial charge in [-0.2, -0.15) is 13.2 Å². The standard InChI is InChI=1S/C14H17F3N2O2/c15-14(16,17)11-7-9(3-4-10(11)12(18)20)21-8-13(19)5-1-2-6-13/h3-4,7H,1-2,5-6,8,19H2,(H2,18,20). The van der Waals surface area contributed by atoms with E-state index in [1.54, 1.807) is 0 Å². The molecule has 0 heterocycles. The molecule has 0 aromatic heterocycles. The van der Waals surface area contributed by atoms with Gasteiger partial charge < -0.3 is 16.2 Å². The largest absolute Gasteiger partial charge is 0.492 e. The van der Waals surface area contributed by atoms with E-state index in [-0.39, 0.29) is 12.4 Å². The van der Waals surface area contributed by atoms with Crippen LogP contribution >= 0.6 is 0 Å². The number of rotatable bonds is 4. The van der Waals surface area contributed by atoms with Crippen molar-refractivity contribution in [1.29, 1.82) is 0 Å². The molecule has 1 aromatic carbocycles. The third-order valence-corrected chi connectivity index (χ3v) is 3.69. The third kappa shape index (κ3) is 3.66. The summed E-state index contributed by atoms with van der Waals surface area (Å²) in [4.78, 5) is 11.1. The van der Waals surface area contributed by atoms with Crippen LogP contribution in [0.4, 0.5) is 13.2 Å². The van der Waals surface area contributed by atoms with Crippen molar-refractivity contribution in [3.63, 3.8) is 0 Å². The second-order valence-corrected chi connectivity index (χ2v) is 5.43. The molecule has 0 atom stereocenters. The van der Waals surface area contributed by atoms with Crippen LogP contribution < -0.4 is 16.2 Å². The zero-order valence-electron chi connectivity index (χ0n) is 11.4. The Balaban J connectivity index is 2.19. The minimum Gasteiger partial charge on any atom is -0.492 e. The number of benzene rings is 1. The first-order chi connectivity index (χ1) is 9.71. The molecule has 0 saturated heterocycles. The molecule has 0 radical (unpaired) electrons. The molecule has 0 bridgehead atoms. The highest BCUT2D eigenvalue weighted by molar-refractivity contribution is 5.94. The molecule has 0 aliphatic heterocycles. The van der Waals surface area contributed by atoms with Gasteiger partial charge >= 0.3 is 6.18 Å². The number of nitrogens with two attached hydrogens (primary N) is 2. The van der Waals surface area contributed by atoms with Crippen molar-refractivity contribution in [3.05, 3.63) is 29.3 Å². The first-order valence-corrected chi connectivity index (χ1v) is 6.64. The first kappa shape index (κ1) is 15.6. The van der Waals surface area contributed by atoms with Crippen LogP contribution in [-0.2, 0) is 6.18 Å². The zero-order chi connectivity index (χ0) is 15.7. The van der Waals surface area contributed by atoms with E-state index in [0.717, 1.165) is 37.8 Å². The lowest BCUT2D eigenvalue weighted by molar-refractivity contribution is -0.138. The molecular weight excluding hydrogens is 285 g/mol. The average Bonchev–Trinajstić information content (AvgIpc) is 2.82. The van der Waals surface area contributed by atoms with Gasteiger partial charge in [-0.1, -0.05) is 12.8 Å². The fraction of sp³-hybridized carbons (Fsp3) is 0.500. The number of ether oxygens (including phenoxy) is 1. The fourth-order valence-electron chi connectivity index (χ4n) is 2.51. The SMILES string of the molecule is NC(=O)c1ccc(OCC2(N)CCCC2)cc1C(F)(F)F. The maximum atomic E-state index is 12.9. The lowest BCUT2D eigenvalue weighted by Gasteiger charge is -2.24. The molecule has 1 aromatic rings. The molecule has 1 aliphatic carbocycles. The highest BCUT2D eigenvalue weighted by Crippen LogP contribution is 2.35. The Hall–Kier alpha value is -1.76. The summed E-state index contributed by atoms with van der Waals surface area (Å²) >= 11 is 0. The van der Waals surface area contributed by atoms with Crippen LogP contribution in [-0.4, -0.2) is 18.1 Å². The number of halogens is 3. The zero-order valence-corrected chi connectivity index (χ0v) is 11.4. The Labute approximate surface area is 120 Å². The van der Waals surface area contributed by atoms with Gasteiger partial charge in [0.05, 0.1) is 16.7 Å². The van der Waals surface area contributed by atoms with Crippen LogP contribution in [0.15, 0.2) is 18.2 Å². The number of amides is 1. The van der Waals surface area contributed by atoms with Gasteiger partial charge in [-0.05, 0) is 31.0 Å². The average molecular weight is 302 g/mol. The van der Waals surface area contributed by atoms with Crippen molar-refractivity contribution in [2.24, 2.45) is 11.5 Å². The van der Waals surface area contributed by atoms with Crippen molar-refractivity contribution in [3.8, 4) is 5.75 Å². The van der Waals surface area contributed by atoms with E-state index in [0.29, 0.717) is 0 Å². The van der Waals surface area contributed by atoms with E-state index in [9.17, 15) is 18.0 Å². The molecule has 1 amide bonds. The predicted molar refractivity (Wildman–Crippen MR) is 70.8 cm³/mol. The number of primary amides is 1. The molecule has 21 heavy (non-hydrogen) atoms. The van der Waals surface area contributed by atoms with Gasteiger partial charge in [0, 0.05) is 0 Å². The van der Waals surface area contributed by atoms with Crippen LogP contribution in [0.25, 0.3) is 0 Å². The van der Waals surface area contributed by atoms with E-state index in [1.165, 1.54) is 6.07 Å². The minimum absolute atomic E-state index is 0.0315. The summed E-state index contributed by atoms with van der Waals surface area (Å²) in [5.74, 6) is -1.09. The maximum absolute atomic E-state index is 12.9. The molecule has 1 fully saturated rings. The van der Waals surface area contributed by atoms with E-state index in [2.05, 4.69) is 0 Å².